The minimum atomic E-state index is -0.0865. The SMILES string of the molecule is COc1cc(CO)c(Cl)c2c1OC(C)C2. The largest absolute Gasteiger partial charge is 0.493 e. The van der Waals surface area contributed by atoms with E-state index in [4.69, 9.17) is 26.2 Å². The number of aliphatic hydroxyl groups is 1. The van der Waals surface area contributed by atoms with Crippen molar-refractivity contribution >= 4 is 11.6 Å². The lowest BCUT2D eigenvalue weighted by molar-refractivity contribution is 0.243. The van der Waals surface area contributed by atoms with Crippen LogP contribution in [-0.2, 0) is 13.0 Å². The molecule has 1 aliphatic heterocycles. The highest BCUT2D eigenvalue weighted by Gasteiger charge is 2.27. The van der Waals surface area contributed by atoms with E-state index in [1.807, 2.05) is 6.92 Å². The Balaban J connectivity index is 2.58. The summed E-state index contributed by atoms with van der Waals surface area (Å²) in [6, 6.07) is 1.72. The molecule has 0 spiro atoms. The molecule has 0 saturated heterocycles. The quantitative estimate of drug-likeness (QED) is 0.843. The first kappa shape index (κ1) is 10.6. The molecule has 0 amide bonds. The predicted molar refractivity (Wildman–Crippen MR) is 57.7 cm³/mol. The third kappa shape index (κ3) is 1.66. The average Bonchev–Trinajstić information content (AvgIpc) is 2.61. The first-order chi connectivity index (χ1) is 7.17. The maximum absolute atomic E-state index is 9.15. The summed E-state index contributed by atoms with van der Waals surface area (Å²) >= 11 is 6.15. The molecule has 1 aliphatic rings. The van der Waals surface area contributed by atoms with Gasteiger partial charge in [0.15, 0.2) is 11.5 Å². The minimum Gasteiger partial charge on any atom is -0.493 e. The number of benzene rings is 1. The Hall–Kier alpha value is -0.930. The molecular formula is C11H13ClO3. The number of hydrogen-bond donors (Lipinski definition) is 1. The molecule has 2 rings (SSSR count). The summed E-state index contributed by atoms with van der Waals surface area (Å²) in [5.74, 6) is 1.36. The van der Waals surface area contributed by atoms with Crippen LogP contribution < -0.4 is 9.47 Å². The van der Waals surface area contributed by atoms with E-state index in [0.29, 0.717) is 22.1 Å². The van der Waals surface area contributed by atoms with Crippen LogP contribution in [0.25, 0.3) is 0 Å². The van der Waals surface area contributed by atoms with Gasteiger partial charge in [-0.3, -0.25) is 0 Å². The van der Waals surface area contributed by atoms with Gasteiger partial charge in [0.05, 0.1) is 18.7 Å². The van der Waals surface area contributed by atoms with Crippen LogP contribution >= 0.6 is 11.6 Å². The van der Waals surface area contributed by atoms with Gasteiger partial charge in [-0.25, -0.2) is 0 Å². The van der Waals surface area contributed by atoms with Gasteiger partial charge in [-0.1, -0.05) is 11.6 Å². The van der Waals surface area contributed by atoms with Crippen molar-refractivity contribution in [2.45, 2.75) is 26.1 Å². The third-order valence-corrected chi connectivity index (χ3v) is 3.02. The smallest absolute Gasteiger partial charge is 0.166 e. The Labute approximate surface area is 93.6 Å². The molecule has 82 valence electrons. The molecule has 1 N–H and O–H groups in total. The average molecular weight is 229 g/mol. The van der Waals surface area contributed by atoms with E-state index >= 15 is 0 Å². The fourth-order valence-corrected chi connectivity index (χ4v) is 2.12. The zero-order valence-corrected chi connectivity index (χ0v) is 9.47. The van der Waals surface area contributed by atoms with Crippen LogP contribution in [0.4, 0.5) is 0 Å². The van der Waals surface area contributed by atoms with Crippen molar-refractivity contribution in [3.05, 3.63) is 22.2 Å². The summed E-state index contributed by atoms with van der Waals surface area (Å²) in [6.45, 7) is 1.89. The molecule has 0 aromatic heterocycles. The van der Waals surface area contributed by atoms with Gasteiger partial charge in [-0.15, -0.1) is 0 Å². The molecule has 1 atom stereocenters. The maximum atomic E-state index is 9.15. The van der Waals surface area contributed by atoms with Crippen LogP contribution in [0.3, 0.4) is 0 Å². The molecule has 0 bridgehead atoms. The molecule has 0 fully saturated rings. The molecule has 3 nitrogen and oxygen atoms in total. The van der Waals surface area contributed by atoms with Crippen LogP contribution in [0, 0.1) is 0 Å². The summed E-state index contributed by atoms with van der Waals surface area (Å²) in [4.78, 5) is 0. The summed E-state index contributed by atoms with van der Waals surface area (Å²) in [6.07, 6.45) is 0.874. The van der Waals surface area contributed by atoms with Gasteiger partial charge in [0.1, 0.15) is 6.10 Å². The summed E-state index contributed by atoms with van der Waals surface area (Å²) in [5, 5.41) is 9.75. The van der Waals surface area contributed by atoms with Crippen molar-refractivity contribution in [3.8, 4) is 11.5 Å². The topological polar surface area (TPSA) is 38.7 Å². The number of aliphatic hydroxyl groups excluding tert-OH is 1. The molecular weight excluding hydrogens is 216 g/mol. The van der Waals surface area contributed by atoms with Gasteiger partial charge in [0.2, 0.25) is 0 Å². The Kier molecular flexibility index (Phi) is 2.76. The second kappa shape index (κ2) is 3.91. The lowest BCUT2D eigenvalue weighted by Crippen LogP contribution is -2.05. The molecule has 15 heavy (non-hydrogen) atoms. The number of methoxy groups -OCH3 is 1. The first-order valence-electron chi connectivity index (χ1n) is 4.83. The van der Waals surface area contributed by atoms with E-state index in [0.717, 1.165) is 12.0 Å². The fourth-order valence-electron chi connectivity index (χ4n) is 1.84. The van der Waals surface area contributed by atoms with Crippen LogP contribution in [0.5, 0.6) is 11.5 Å². The Morgan fingerprint density at radius 3 is 3.00 bits per heavy atom. The highest BCUT2D eigenvalue weighted by Crippen LogP contribution is 2.43. The molecule has 1 aromatic carbocycles. The van der Waals surface area contributed by atoms with Crippen LogP contribution in [0.15, 0.2) is 6.07 Å². The highest BCUT2D eigenvalue weighted by atomic mass is 35.5. The fraction of sp³-hybridized carbons (Fsp3) is 0.455. The van der Waals surface area contributed by atoms with Gasteiger partial charge < -0.3 is 14.6 Å². The number of hydrogen-bond acceptors (Lipinski definition) is 3. The van der Waals surface area contributed by atoms with E-state index in [1.165, 1.54) is 0 Å². The number of halogens is 1. The second-order valence-electron chi connectivity index (χ2n) is 3.65. The molecule has 4 heteroatoms. The minimum absolute atomic E-state index is 0.0865. The number of ether oxygens (including phenoxy) is 2. The molecule has 1 unspecified atom stereocenters. The van der Waals surface area contributed by atoms with Gasteiger partial charge in [0.25, 0.3) is 0 Å². The predicted octanol–water partition coefficient (Wildman–Crippen LogP) is 2.16. The zero-order valence-electron chi connectivity index (χ0n) is 8.71. The van der Waals surface area contributed by atoms with Gasteiger partial charge in [-0.2, -0.15) is 0 Å². The lowest BCUT2D eigenvalue weighted by atomic mass is 10.1. The van der Waals surface area contributed by atoms with Crippen molar-refractivity contribution in [2.24, 2.45) is 0 Å². The normalized spacial score (nSPS) is 18.5. The Bertz CT molecular complexity index is 390. The summed E-state index contributed by atoms with van der Waals surface area (Å²) < 4.78 is 10.8. The Morgan fingerprint density at radius 1 is 1.67 bits per heavy atom. The highest BCUT2D eigenvalue weighted by molar-refractivity contribution is 6.32. The van der Waals surface area contributed by atoms with Crippen molar-refractivity contribution < 1.29 is 14.6 Å². The van der Waals surface area contributed by atoms with Crippen molar-refractivity contribution in [1.82, 2.24) is 0 Å². The molecule has 0 radical (unpaired) electrons. The van der Waals surface area contributed by atoms with Crippen LogP contribution in [0.1, 0.15) is 18.1 Å². The van der Waals surface area contributed by atoms with Crippen LogP contribution in [0.2, 0.25) is 5.02 Å². The van der Waals surface area contributed by atoms with E-state index in [2.05, 4.69) is 0 Å². The van der Waals surface area contributed by atoms with E-state index < -0.39 is 0 Å². The first-order valence-corrected chi connectivity index (χ1v) is 5.21. The van der Waals surface area contributed by atoms with E-state index in [9.17, 15) is 0 Å². The number of fused-ring (bicyclic) bond motifs is 1. The standard InChI is InChI=1S/C11H13ClO3/c1-6-3-8-10(12)7(5-13)4-9(14-2)11(8)15-6/h4,6,13H,3,5H2,1-2H3. The van der Waals surface area contributed by atoms with E-state index in [-0.39, 0.29) is 12.7 Å². The summed E-state index contributed by atoms with van der Waals surface area (Å²) in [5.41, 5.74) is 1.62. The molecule has 0 saturated carbocycles. The zero-order chi connectivity index (χ0) is 11.0. The van der Waals surface area contributed by atoms with Crippen LogP contribution in [-0.4, -0.2) is 18.3 Å². The van der Waals surface area contributed by atoms with Crippen molar-refractivity contribution in [1.29, 1.82) is 0 Å². The maximum Gasteiger partial charge on any atom is 0.166 e. The van der Waals surface area contributed by atoms with E-state index in [1.54, 1.807) is 13.2 Å². The van der Waals surface area contributed by atoms with Crippen molar-refractivity contribution in [2.75, 3.05) is 7.11 Å². The van der Waals surface area contributed by atoms with Gasteiger partial charge >= 0.3 is 0 Å². The third-order valence-electron chi connectivity index (χ3n) is 2.55. The van der Waals surface area contributed by atoms with Gasteiger partial charge in [-0.05, 0) is 13.0 Å². The molecule has 1 heterocycles. The Morgan fingerprint density at radius 2 is 2.40 bits per heavy atom. The monoisotopic (exact) mass is 228 g/mol. The second-order valence-corrected chi connectivity index (χ2v) is 4.03. The summed E-state index contributed by atoms with van der Waals surface area (Å²) in [7, 11) is 1.58. The van der Waals surface area contributed by atoms with Gasteiger partial charge in [0, 0.05) is 17.5 Å². The van der Waals surface area contributed by atoms with Crippen molar-refractivity contribution in [3.63, 3.8) is 0 Å². The molecule has 1 aromatic rings. The molecule has 0 aliphatic carbocycles. The lowest BCUT2D eigenvalue weighted by Gasteiger charge is -2.11. The number of rotatable bonds is 2.